The van der Waals surface area contributed by atoms with Gasteiger partial charge in [-0.2, -0.15) is 5.26 Å². The number of carbonyl (C=O) groups is 2. The van der Waals surface area contributed by atoms with Gasteiger partial charge in [-0.25, -0.2) is 0 Å². The minimum absolute atomic E-state index is 0.157. The number of nitriles is 1. The molecule has 1 rings (SSSR count). The molecule has 2 amide bonds. The van der Waals surface area contributed by atoms with Crippen molar-refractivity contribution in [2.24, 2.45) is 0 Å². The number of thiophene rings is 1. The number of nitrogens with zero attached hydrogens (tertiary/aromatic N) is 2. The first-order valence-corrected chi connectivity index (χ1v) is 5.91. The summed E-state index contributed by atoms with van der Waals surface area (Å²) >= 11 is 1.53. The van der Waals surface area contributed by atoms with E-state index in [1.165, 1.54) is 16.2 Å². The first-order valence-electron chi connectivity index (χ1n) is 5.03. The Morgan fingerprint density at radius 1 is 1.65 bits per heavy atom. The van der Waals surface area contributed by atoms with Gasteiger partial charge in [-0.05, 0) is 18.4 Å². The molecule has 1 aromatic rings. The average molecular weight is 251 g/mol. The van der Waals surface area contributed by atoms with Crippen LogP contribution < -0.4 is 5.32 Å². The van der Waals surface area contributed by atoms with Gasteiger partial charge in [0.15, 0.2) is 0 Å². The van der Waals surface area contributed by atoms with Gasteiger partial charge < -0.3 is 10.2 Å². The summed E-state index contributed by atoms with van der Waals surface area (Å²) in [6, 6.07) is 5.39. The van der Waals surface area contributed by atoms with Crippen LogP contribution in [0.1, 0.15) is 17.8 Å². The van der Waals surface area contributed by atoms with Gasteiger partial charge in [-0.3, -0.25) is 9.59 Å². The quantitative estimate of drug-likeness (QED) is 0.641. The van der Waals surface area contributed by atoms with Crippen molar-refractivity contribution in [1.82, 2.24) is 10.2 Å². The van der Waals surface area contributed by atoms with E-state index in [4.69, 9.17) is 5.26 Å². The Morgan fingerprint density at radius 2 is 2.35 bits per heavy atom. The summed E-state index contributed by atoms with van der Waals surface area (Å²) in [4.78, 5) is 25.4. The maximum atomic E-state index is 11.7. The van der Waals surface area contributed by atoms with Crippen LogP contribution in [0.15, 0.2) is 17.5 Å². The fourth-order valence-corrected chi connectivity index (χ4v) is 2.08. The third-order valence-electron chi connectivity index (χ3n) is 2.38. The summed E-state index contributed by atoms with van der Waals surface area (Å²) in [6.45, 7) is 1.69. The summed E-state index contributed by atoms with van der Waals surface area (Å²) in [7, 11) is 1.57. The molecule has 17 heavy (non-hydrogen) atoms. The first kappa shape index (κ1) is 13.2. The number of nitrogens with one attached hydrogen (secondary N) is 1. The van der Waals surface area contributed by atoms with Gasteiger partial charge in [0, 0.05) is 11.9 Å². The molecule has 1 N–H and O–H groups in total. The highest BCUT2D eigenvalue weighted by atomic mass is 32.1. The van der Waals surface area contributed by atoms with Crippen molar-refractivity contribution in [1.29, 1.82) is 5.26 Å². The van der Waals surface area contributed by atoms with Crippen molar-refractivity contribution in [3.05, 3.63) is 22.4 Å². The predicted octanol–water partition coefficient (Wildman–Crippen LogP) is 0.907. The lowest BCUT2D eigenvalue weighted by atomic mass is 10.2. The Hall–Kier alpha value is -1.87. The Kier molecular flexibility index (Phi) is 4.67. The van der Waals surface area contributed by atoms with Crippen molar-refractivity contribution in [3.8, 4) is 6.07 Å². The molecule has 90 valence electrons. The molecule has 1 atom stereocenters. The summed E-state index contributed by atoms with van der Waals surface area (Å²) in [5.74, 6) is -1.39. The smallest absolute Gasteiger partial charge is 0.312 e. The normalized spacial score (nSPS) is 11.4. The van der Waals surface area contributed by atoms with Gasteiger partial charge in [0.25, 0.3) is 0 Å². The van der Waals surface area contributed by atoms with Crippen LogP contribution in [0.4, 0.5) is 0 Å². The van der Waals surface area contributed by atoms with E-state index in [9.17, 15) is 9.59 Å². The van der Waals surface area contributed by atoms with Gasteiger partial charge in [0.05, 0.1) is 12.1 Å². The molecule has 0 aliphatic carbocycles. The van der Waals surface area contributed by atoms with E-state index in [1.54, 1.807) is 13.1 Å². The maximum absolute atomic E-state index is 11.7. The summed E-state index contributed by atoms with van der Waals surface area (Å²) in [5.41, 5.74) is 0. The molecule has 1 heterocycles. The highest BCUT2D eigenvalue weighted by Gasteiger charge is 2.23. The van der Waals surface area contributed by atoms with E-state index in [0.29, 0.717) is 0 Å². The zero-order valence-electron chi connectivity index (χ0n) is 9.64. The van der Waals surface area contributed by atoms with Gasteiger partial charge in [-0.1, -0.05) is 6.07 Å². The van der Waals surface area contributed by atoms with E-state index in [1.807, 2.05) is 24.4 Å². The van der Waals surface area contributed by atoms with Crippen molar-refractivity contribution < 1.29 is 9.59 Å². The van der Waals surface area contributed by atoms with Crippen LogP contribution in [0.25, 0.3) is 0 Å². The Balaban J connectivity index is 2.64. The minimum Gasteiger partial charge on any atom is -0.335 e. The third kappa shape index (κ3) is 3.29. The monoisotopic (exact) mass is 251 g/mol. The number of rotatable bonds is 3. The molecule has 0 aliphatic heterocycles. The summed E-state index contributed by atoms with van der Waals surface area (Å²) in [6.07, 6.45) is 0. The highest BCUT2D eigenvalue weighted by molar-refractivity contribution is 7.10. The molecule has 0 saturated heterocycles. The molecular weight excluding hydrogens is 238 g/mol. The van der Waals surface area contributed by atoms with E-state index in [2.05, 4.69) is 5.32 Å². The van der Waals surface area contributed by atoms with Crippen molar-refractivity contribution in [3.63, 3.8) is 0 Å². The number of hydrogen-bond acceptors (Lipinski definition) is 4. The lowest BCUT2D eigenvalue weighted by Crippen LogP contribution is -2.42. The van der Waals surface area contributed by atoms with Gasteiger partial charge in [0.2, 0.25) is 0 Å². The molecule has 6 heteroatoms. The first-order chi connectivity index (χ1) is 8.07. The van der Waals surface area contributed by atoms with Crippen LogP contribution in [0.2, 0.25) is 0 Å². The van der Waals surface area contributed by atoms with Gasteiger partial charge in [-0.15, -0.1) is 11.3 Å². The number of hydrogen-bond donors (Lipinski definition) is 1. The van der Waals surface area contributed by atoms with Crippen LogP contribution in [0.3, 0.4) is 0 Å². The zero-order valence-corrected chi connectivity index (χ0v) is 10.5. The van der Waals surface area contributed by atoms with Crippen molar-refractivity contribution in [2.75, 3.05) is 13.6 Å². The second kappa shape index (κ2) is 6.01. The molecular formula is C11H13N3O2S. The molecule has 1 aromatic heterocycles. The van der Waals surface area contributed by atoms with E-state index in [-0.39, 0.29) is 12.6 Å². The van der Waals surface area contributed by atoms with Gasteiger partial charge >= 0.3 is 11.8 Å². The van der Waals surface area contributed by atoms with Crippen LogP contribution in [-0.2, 0) is 9.59 Å². The van der Waals surface area contributed by atoms with E-state index >= 15 is 0 Å². The van der Waals surface area contributed by atoms with Gasteiger partial charge in [0.1, 0.15) is 6.54 Å². The highest BCUT2D eigenvalue weighted by Crippen LogP contribution is 2.23. The largest absolute Gasteiger partial charge is 0.335 e. The van der Waals surface area contributed by atoms with Crippen molar-refractivity contribution in [2.45, 2.75) is 13.0 Å². The maximum Gasteiger partial charge on any atom is 0.312 e. The average Bonchev–Trinajstić information content (AvgIpc) is 2.86. The van der Waals surface area contributed by atoms with E-state index in [0.717, 1.165) is 4.88 Å². The summed E-state index contributed by atoms with van der Waals surface area (Å²) < 4.78 is 0. The molecule has 0 spiro atoms. The SMILES string of the molecule is CC(c1cccs1)N(C)C(=O)C(=O)NCC#N. The standard InChI is InChI=1S/C11H13N3O2S/c1-8(9-4-3-7-17-9)14(2)11(16)10(15)13-6-5-12/h3-4,7-8H,6H2,1-2H3,(H,13,15). The Labute approximate surface area is 104 Å². The van der Waals surface area contributed by atoms with Crippen molar-refractivity contribution >= 4 is 23.2 Å². The van der Waals surface area contributed by atoms with Crippen LogP contribution in [0, 0.1) is 11.3 Å². The molecule has 0 fully saturated rings. The molecule has 0 bridgehead atoms. The zero-order chi connectivity index (χ0) is 12.8. The number of carbonyl (C=O) groups excluding carboxylic acids is 2. The Morgan fingerprint density at radius 3 is 2.88 bits per heavy atom. The van der Waals surface area contributed by atoms with Crippen LogP contribution in [0.5, 0.6) is 0 Å². The minimum atomic E-state index is -0.752. The van der Waals surface area contributed by atoms with Crippen LogP contribution in [-0.4, -0.2) is 30.3 Å². The summed E-state index contributed by atoms with van der Waals surface area (Å²) in [5, 5.41) is 12.4. The topological polar surface area (TPSA) is 73.2 Å². The predicted molar refractivity (Wildman–Crippen MR) is 64.1 cm³/mol. The number of amides is 2. The fourth-order valence-electron chi connectivity index (χ4n) is 1.25. The number of likely N-dealkylation sites (N-methyl/N-ethyl adjacent to an activating group) is 1. The molecule has 0 aliphatic rings. The Bertz CT molecular complexity index is 436. The second-order valence-electron chi connectivity index (χ2n) is 3.45. The molecule has 5 nitrogen and oxygen atoms in total. The molecule has 0 aromatic carbocycles. The van der Waals surface area contributed by atoms with Crippen LogP contribution >= 0.6 is 11.3 Å². The third-order valence-corrected chi connectivity index (χ3v) is 3.42. The lowest BCUT2D eigenvalue weighted by molar-refractivity contribution is -0.146. The second-order valence-corrected chi connectivity index (χ2v) is 4.43. The molecule has 0 saturated carbocycles. The lowest BCUT2D eigenvalue weighted by Gasteiger charge is -2.23. The van der Waals surface area contributed by atoms with E-state index < -0.39 is 11.8 Å². The molecule has 0 radical (unpaired) electrons. The fraction of sp³-hybridized carbons (Fsp3) is 0.364. The molecule has 1 unspecified atom stereocenters.